The van der Waals surface area contributed by atoms with Gasteiger partial charge in [-0.25, -0.2) is 0 Å². The van der Waals surface area contributed by atoms with Gasteiger partial charge in [0.15, 0.2) is 0 Å². The molecule has 2 nitrogen and oxygen atoms in total. The molecule has 0 unspecified atom stereocenters. The number of hydrogen-bond donors (Lipinski definition) is 0. The Morgan fingerprint density at radius 3 is 2.55 bits per heavy atom. The van der Waals surface area contributed by atoms with Gasteiger partial charge in [0.05, 0.1) is 6.20 Å². The lowest BCUT2D eigenvalue weighted by molar-refractivity contribution is -0.142. The Kier molecular flexibility index (Phi) is 1.89. The Morgan fingerprint density at radius 2 is 2.18 bits per heavy atom. The van der Waals surface area contributed by atoms with Crippen LogP contribution in [-0.2, 0) is 6.54 Å². The fourth-order valence-corrected chi connectivity index (χ4v) is 0.737. The summed E-state index contributed by atoms with van der Waals surface area (Å²) in [7, 11) is 0. The van der Waals surface area contributed by atoms with E-state index in [0.717, 1.165) is 10.2 Å². The maximum atomic E-state index is 11.7. The van der Waals surface area contributed by atoms with Gasteiger partial charge in [0, 0.05) is 6.20 Å². The topological polar surface area (TPSA) is 17.8 Å². The third kappa shape index (κ3) is 2.61. The van der Waals surface area contributed by atoms with Crippen LogP contribution in [0.25, 0.3) is 0 Å². The third-order valence-electron chi connectivity index (χ3n) is 1.10. The van der Waals surface area contributed by atoms with Crippen molar-refractivity contribution in [3.8, 4) is 0 Å². The molecule has 0 aromatic carbocycles. The smallest absolute Gasteiger partial charge is 0.263 e. The van der Waals surface area contributed by atoms with E-state index in [9.17, 15) is 13.2 Å². The van der Waals surface area contributed by atoms with Crippen LogP contribution in [0.3, 0.4) is 0 Å². The van der Waals surface area contributed by atoms with Crippen LogP contribution in [0.2, 0.25) is 0 Å². The van der Waals surface area contributed by atoms with Gasteiger partial charge in [-0.3, -0.25) is 4.68 Å². The van der Waals surface area contributed by atoms with E-state index >= 15 is 0 Å². The van der Waals surface area contributed by atoms with Crippen LogP contribution in [-0.4, -0.2) is 16.0 Å². The van der Waals surface area contributed by atoms with E-state index in [2.05, 4.69) is 5.10 Å². The average Bonchev–Trinajstić information content (AvgIpc) is 2.10. The van der Waals surface area contributed by atoms with Crippen LogP contribution in [0.5, 0.6) is 0 Å². The van der Waals surface area contributed by atoms with E-state index in [1.165, 1.54) is 12.4 Å². The summed E-state index contributed by atoms with van der Waals surface area (Å²) in [5.41, 5.74) is 0.731. The summed E-state index contributed by atoms with van der Waals surface area (Å²) in [6.07, 6.45) is -1.43. The zero-order chi connectivity index (χ0) is 8.48. The van der Waals surface area contributed by atoms with E-state index in [1.54, 1.807) is 6.92 Å². The van der Waals surface area contributed by atoms with Gasteiger partial charge < -0.3 is 0 Å². The predicted octanol–water partition coefficient (Wildman–Crippen LogP) is 1.75. The van der Waals surface area contributed by atoms with E-state index in [-0.39, 0.29) is 0 Å². The highest BCUT2D eigenvalue weighted by molar-refractivity contribution is 4.99. The molecule has 11 heavy (non-hydrogen) atoms. The van der Waals surface area contributed by atoms with Crippen LogP contribution in [0.4, 0.5) is 13.2 Å². The first-order valence-corrected chi connectivity index (χ1v) is 3.03. The van der Waals surface area contributed by atoms with Crippen LogP contribution >= 0.6 is 0 Å². The van der Waals surface area contributed by atoms with Gasteiger partial charge in [-0.2, -0.15) is 18.3 Å². The lowest BCUT2D eigenvalue weighted by Gasteiger charge is -2.04. The van der Waals surface area contributed by atoms with Crippen molar-refractivity contribution in [3.63, 3.8) is 0 Å². The van der Waals surface area contributed by atoms with Gasteiger partial charge in [0.2, 0.25) is 0 Å². The van der Waals surface area contributed by atoms with E-state index in [0.29, 0.717) is 0 Å². The minimum atomic E-state index is -4.18. The molecule has 1 rings (SSSR count). The lowest BCUT2D eigenvalue weighted by atomic mass is 10.4. The van der Waals surface area contributed by atoms with Crippen molar-refractivity contribution < 1.29 is 13.2 Å². The van der Waals surface area contributed by atoms with E-state index in [1.807, 2.05) is 0 Å². The fraction of sp³-hybridized carbons (Fsp3) is 0.500. The van der Waals surface area contributed by atoms with Crippen molar-refractivity contribution in [1.82, 2.24) is 9.78 Å². The molecule has 0 saturated heterocycles. The van der Waals surface area contributed by atoms with Gasteiger partial charge in [-0.15, -0.1) is 0 Å². The molecular weight excluding hydrogens is 157 g/mol. The van der Waals surface area contributed by atoms with Gasteiger partial charge in [0.1, 0.15) is 6.54 Å². The van der Waals surface area contributed by atoms with Crippen molar-refractivity contribution in [2.45, 2.75) is 19.6 Å². The minimum Gasteiger partial charge on any atom is -0.263 e. The number of aryl methyl sites for hydroxylation is 1. The summed E-state index contributed by atoms with van der Waals surface area (Å²) in [6, 6.07) is 0. The molecule has 0 fully saturated rings. The number of halogens is 3. The second kappa shape index (κ2) is 2.56. The summed E-state index contributed by atoms with van der Waals surface area (Å²) < 4.78 is 35.9. The molecule has 0 saturated carbocycles. The monoisotopic (exact) mass is 164 g/mol. The minimum absolute atomic E-state index is 0.731. The maximum absolute atomic E-state index is 11.7. The zero-order valence-electron chi connectivity index (χ0n) is 5.89. The van der Waals surface area contributed by atoms with Gasteiger partial charge in [0.25, 0.3) is 0 Å². The Morgan fingerprint density at radius 1 is 1.55 bits per heavy atom. The SMILES string of the molecule is Cc1cnn(CC(F)(F)F)c1. The van der Waals surface area contributed by atoms with Crippen molar-refractivity contribution in [2.75, 3.05) is 0 Å². The molecule has 1 aromatic rings. The molecule has 1 aromatic heterocycles. The second-order valence-electron chi connectivity index (χ2n) is 2.33. The molecule has 0 aliphatic carbocycles. The van der Waals surface area contributed by atoms with Gasteiger partial charge in [-0.1, -0.05) is 0 Å². The highest BCUT2D eigenvalue weighted by atomic mass is 19.4. The van der Waals surface area contributed by atoms with Gasteiger partial charge >= 0.3 is 6.18 Å². The fourth-order valence-electron chi connectivity index (χ4n) is 0.737. The van der Waals surface area contributed by atoms with Crippen LogP contribution in [0, 0.1) is 6.92 Å². The Hall–Kier alpha value is -1.00. The van der Waals surface area contributed by atoms with Crippen LogP contribution in [0.1, 0.15) is 5.56 Å². The Bertz CT molecular complexity index is 238. The number of rotatable bonds is 1. The number of nitrogens with zero attached hydrogens (tertiary/aromatic N) is 2. The molecule has 0 aliphatic rings. The molecule has 1 heterocycles. The molecule has 62 valence electrons. The van der Waals surface area contributed by atoms with Crippen LogP contribution in [0.15, 0.2) is 12.4 Å². The zero-order valence-corrected chi connectivity index (χ0v) is 5.89. The van der Waals surface area contributed by atoms with E-state index in [4.69, 9.17) is 0 Å². The quantitative estimate of drug-likeness (QED) is 0.618. The highest BCUT2D eigenvalue weighted by Gasteiger charge is 2.28. The van der Waals surface area contributed by atoms with Gasteiger partial charge in [-0.05, 0) is 12.5 Å². The highest BCUT2D eigenvalue weighted by Crippen LogP contribution is 2.16. The summed E-state index contributed by atoms with van der Waals surface area (Å²) in [6.45, 7) is 0.681. The van der Waals surface area contributed by atoms with E-state index < -0.39 is 12.7 Å². The van der Waals surface area contributed by atoms with Crippen molar-refractivity contribution in [3.05, 3.63) is 18.0 Å². The molecule has 0 atom stereocenters. The summed E-state index contributed by atoms with van der Waals surface area (Å²) in [4.78, 5) is 0. The largest absolute Gasteiger partial charge is 0.408 e. The summed E-state index contributed by atoms with van der Waals surface area (Å²) in [5.74, 6) is 0. The normalized spacial score (nSPS) is 12.0. The number of alkyl halides is 3. The van der Waals surface area contributed by atoms with Crippen molar-refractivity contribution in [2.24, 2.45) is 0 Å². The predicted molar refractivity (Wildman–Crippen MR) is 33.0 cm³/mol. The second-order valence-corrected chi connectivity index (χ2v) is 2.33. The third-order valence-corrected chi connectivity index (χ3v) is 1.10. The van der Waals surface area contributed by atoms with Crippen LogP contribution < -0.4 is 0 Å². The molecule has 0 bridgehead atoms. The molecule has 0 N–H and O–H groups in total. The first-order chi connectivity index (χ1) is 4.97. The number of hydrogen-bond acceptors (Lipinski definition) is 1. The summed E-state index contributed by atoms with van der Waals surface area (Å²) in [5, 5.41) is 3.50. The van der Waals surface area contributed by atoms with Crippen molar-refractivity contribution >= 4 is 0 Å². The molecule has 0 radical (unpaired) electrons. The first kappa shape index (κ1) is 8.10. The first-order valence-electron chi connectivity index (χ1n) is 3.03. The Balaban J connectivity index is 2.65. The molecule has 0 aliphatic heterocycles. The molecular formula is C6H7F3N2. The van der Waals surface area contributed by atoms with Crippen molar-refractivity contribution in [1.29, 1.82) is 0 Å². The standard InChI is InChI=1S/C6H7F3N2/c1-5-2-10-11(3-5)4-6(7,8)9/h2-3H,4H2,1H3. The lowest BCUT2D eigenvalue weighted by Crippen LogP contribution is -2.17. The number of aromatic nitrogens is 2. The average molecular weight is 164 g/mol. The molecule has 0 spiro atoms. The molecule has 5 heteroatoms. The maximum Gasteiger partial charge on any atom is 0.408 e. The summed E-state index contributed by atoms with van der Waals surface area (Å²) >= 11 is 0. The molecule has 0 amide bonds. The Labute approximate surface area is 61.6 Å².